The first-order chi connectivity index (χ1) is 11.9. The van der Waals surface area contributed by atoms with E-state index in [4.69, 9.17) is 10.5 Å². The number of aryl methyl sites for hydroxylation is 2. The number of amides is 1. The van der Waals surface area contributed by atoms with E-state index in [9.17, 15) is 4.79 Å². The lowest BCUT2D eigenvalue weighted by Gasteiger charge is -2.35. The molecule has 0 fully saturated rings. The molecule has 3 N–H and O–H groups in total. The number of rotatable bonds is 4. The van der Waals surface area contributed by atoms with Crippen molar-refractivity contribution in [3.63, 3.8) is 0 Å². The number of nitrogens with two attached hydrogens (primary N) is 1. The summed E-state index contributed by atoms with van der Waals surface area (Å²) >= 11 is 0. The molecule has 2 aromatic rings. The number of benzene rings is 2. The van der Waals surface area contributed by atoms with E-state index in [-0.39, 0.29) is 18.6 Å². The summed E-state index contributed by atoms with van der Waals surface area (Å²) in [4.78, 5) is 14.6. The van der Waals surface area contributed by atoms with Crippen LogP contribution in [0, 0.1) is 13.8 Å². The second-order valence-corrected chi connectivity index (χ2v) is 6.68. The first-order valence-electron chi connectivity index (χ1n) is 8.64. The van der Waals surface area contributed by atoms with Gasteiger partial charge >= 0.3 is 0 Å². The smallest absolute Gasteiger partial charge is 0.243 e. The highest BCUT2D eigenvalue weighted by Crippen LogP contribution is 2.35. The lowest BCUT2D eigenvalue weighted by atomic mass is 10.1. The lowest BCUT2D eigenvalue weighted by Crippen LogP contribution is -2.43. The molecule has 1 unspecified atom stereocenters. The molecule has 2 aromatic carbocycles. The number of fused-ring (bicyclic) bond motifs is 1. The predicted octanol–water partition coefficient (Wildman–Crippen LogP) is 3.50. The van der Waals surface area contributed by atoms with Crippen LogP contribution in [0.2, 0.25) is 0 Å². The zero-order chi connectivity index (χ0) is 18.0. The van der Waals surface area contributed by atoms with Crippen LogP contribution in [0.15, 0.2) is 36.4 Å². The Kier molecular flexibility index (Phi) is 4.83. The quantitative estimate of drug-likeness (QED) is 0.837. The summed E-state index contributed by atoms with van der Waals surface area (Å²) in [5, 5.41) is 3.00. The molecule has 0 aliphatic carbocycles. The van der Waals surface area contributed by atoms with Crippen molar-refractivity contribution < 1.29 is 9.53 Å². The van der Waals surface area contributed by atoms with Crippen LogP contribution in [0.4, 0.5) is 17.1 Å². The van der Waals surface area contributed by atoms with Gasteiger partial charge in [0.25, 0.3) is 0 Å². The Morgan fingerprint density at radius 1 is 1.24 bits per heavy atom. The van der Waals surface area contributed by atoms with Crippen molar-refractivity contribution in [3.8, 4) is 5.75 Å². The van der Waals surface area contributed by atoms with Gasteiger partial charge in [-0.1, -0.05) is 13.0 Å². The highest BCUT2D eigenvalue weighted by Gasteiger charge is 2.26. The Hall–Kier alpha value is -2.69. The van der Waals surface area contributed by atoms with Gasteiger partial charge in [-0.2, -0.15) is 0 Å². The van der Waals surface area contributed by atoms with E-state index in [0.717, 1.165) is 34.7 Å². The fourth-order valence-electron chi connectivity index (χ4n) is 3.23. The van der Waals surface area contributed by atoms with Crippen molar-refractivity contribution in [2.45, 2.75) is 33.3 Å². The Balaban J connectivity index is 1.77. The van der Waals surface area contributed by atoms with Crippen molar-refractivity contribution in [2.24, 2.45) is 0 Å². The molecular weight excluding hydrogens is 314 g/mol. The number of hydrogen-bond donors (Lipinski definition) is 2. The van der Waals surface area contributed by atoms with Crippen LogP contribution in [0.25, 0.3) is 0 Å². The van der Waals surface area contributed by atoms with Crippen LogP contribution in [0.5, 0.6) is 5.75 Å². The summed E-state index contributed by atoms with van der Waals surface area (Å²) in [5.74, 6) is 0.738. The Morgan fingerprint density at radius 3 is 2.64 bits per heavy atom. The van der Waals surface area contributed by atoms with Crippen LogP contribution in [-0.4, -0.2) is 25.1 Å². The fraction of sp³-hybridized carbons (Fsp3) is 0.350. The molecule has 0 spiro atoms. The molecule has 0 radical (unpaired) electrons. The molecule has 0 bridgehead atoms. The summed E-state index contributed by atoms with van der Waals surface area (Å²) in [7, 11) is 0. The van der Waals surface area contributed by atoms with E-state index in [1.54, 1.807) is 0 Å². The number of nitrogen functional groups attached to an aromatic ring is 1. The summed E-state index contributed by atoms with van der Waals surface area (Å²) in [6.45, 7) is 7.07. The first-order valence-corrected chi connectivity index (χ1v) is 8.64. The minimum atomic E-state index is -0.0462. The summed E-state index contributed by atoms with van der Waals surface area (Å²) < 4.78 is 5.97. The van der Waals surface area contributed by atoms with Gasteiger partial charge < -0.3 is 20.7 Å². The maximum atomic E-state index is 12.6. The second-order valence-electron chi connectivity index (χ2n) is 6.68. The van der Waals surface area contributed by atoms with E-state index < -0.39 is 0 Å². The molecule has 0 aromatic heterocycles. The molecule has 25 heavy (non-hydrogen) atoms. The van der Waals surface area contributed by atoms with Gasteiger partial charge in [0.2, 0.25) is 5.91 Å². The Morgan fingerprint density at radius 2 is 1.96 bits per heavy atom. The predicted molar refractivity (Wildman–Crippen MR) is 102 cm³/mol. The molecule has 132 valence electrons. The van der Waals surface area contributed by atoms with E-state index >= 15 is 0 Å². The van der Waals surface area contributed by atoms with Crippen LogP contribution in [0.3, 0.4) is 0 Å². The third-order valence-corrected chi connectivity index (χ3v) is 4.34. The largest absolute Gasteiger partial charge is 0.486 e. The highest BCUT2D eigenvalue weighted by molar-refractivity contribution is 5.94. The minimum absolute atomic E-state index is 0.0462. The van der Waals surface area contributed by atoms with E-state index in [1.165, 1.54) is 0 Å². The molecule has 0 saturated carbocycles. The van der Waals surface area contributed by atoms with Crippen LogP contribution >= 0.6 is 0 Å². The molecular formula is C20H25N3O2. The Labute approximate surface area is 148 Å². The number of carbonyl (C=O) groups excluding carboxylic acids is 1. The third kappa shape index (κ3) is 4.05. The Bertz CT molecular complexity index is 768. The number of anilines is 3. The van der Waals surface area contributed by atoms with Gasteiger partial charge in [0.05, 0.1) is 18.8 Å². The van der Waals surface area contributed by atoms with Crippen molar-refractivity contribution in [3.05, 3.63) is 47.5 Å². The van der Waals surface area contributed by atoms with Crippen molar-refractivity contribution in [1.29, 1.82) is 0 Å². The number of nitrogens with one attached hydrogen (secondary N) is 1. The first kappa shape index (κ1) is 17.1. The van der Waals surface area contributed by atoms with Crippen molar-refractivity contribution >= 4 is 23.0 Å². The van der Waals surface area contributed by atoms with Crippen molar-refractivity contribution in [2.75, 3.05) is 29.0 Å². The van der Waals surface area contributed by atoms with Crippen LogP contribution in [0.1, 0.15) is 24.5 Å². The molecule has 0 saturated heterocycles. The van der Waals surface area contributed by atoms with Crippen LogP contribution < -0.4 is 20.7 Å². The van der Waals surface area contributed by atoms with Gasteiger partial charge in [0.1, 0.15) is 11.9 Å². The minimum Gasteiger partial charge on any atom is -0.486 e. The molecule has 3 rings (SSSR count). The third-order valence-electron chi connectivity index (χ3n) is 4.34. The SMILES string of the molecule is CCC1CN(CC(=O)Nc2cc(C)cc(C)c2)c2cc(N)ccc2O1. The number of ether oxygens (including phenoxy) is 1. The number of carbonyl (C=O) groups is 1. The molecule has 1 heterocycles. The van der Waals surface area contributed by atoms with Gasteiger partial charge in [-0.3, -0.25) is 4.79 Å². The zero-order valence-electron chi connectivity index (χ0n) is 15.0. The van der Waals surface area contributed by atoms with E-state index in [0.29, 0.717) is 12.2 Å². The summed E-state index contributed by atoms with van der Waals surface area (Å²) in [6, 6.07) is 11.6. The van der Waals surface area contributed by atoms with Crippen molar-refractivity contribution in [1.82, 2.24) is 0 Å². The lowest BCUT2D eigenvalue weighted by molar-refractivity contribution is -0.115. The normalized spacial score (nSPS) is 16.1. The molecule has 5 nitrogen and oxygen atoms in total. The maximum Gasteiger partial charge on any atom is 0.243 e. The number of hydrogen-bond acceptors (Lipinski definition) is 4. The molecule has 5 heteroatoms. The molecule has 1 aliphatic rings. The molecule has 1 aliphatic heterocycles. The van der Waals surface area contributed by atoms with Gasteiger partial charge in [-0.25, -0.2) is 0 Å². The highest BCUT2D eigenvalue weighted by atomic mass is 16.5. The second kappa shape index (κ2) is 7.05. The van der Waals surface area contributed by atoms with E-state index in [1.807, 2.05) is 49.1 Å². The monoisotopic (exact) mass is 339 g/mol. The molecule has 1 amide bonds. The van der Waals surface area contributed by atoms with Gasteiger partial charge in [0, 0.05) is 11.4 Å². The fourth-order valence-corrected chi connectivity index (χ4v) is 3.23. The maximum absolute atomic E-state index is 12.6. The average molecular weight is 339 g/mol. The van der Waals surface area contributed by atoms with Gasteiger partial charge in [-0.05, 0) is 61.7 Å². The van der Waals surface area contributed by atoms with Crippen LogP contribution in [-0.2, 0) is 4.79 Å². The average Bonchev–Trinajstić information content (AvgIpc) is 2.54. The van der Waals surface area contributed by atoms with Gasteiger partial charge in [0.15, 0.2) is 0 Å². The molecule has 1 atom stereocenters. The van der Waals surface area contributed by atoms with Gasteiger partial charge in [-0.15, -0.1) is 0 Å². The number of nitrogens with zero attached hydrogens (tertiary/aromatic N) is 1. The van der Waals surface area contributed by atoms with E-state index in [2.05, 4.69) is 18.3 Å². The topological polar surface area (TPSA) is 67.6 Å². The summed E-state index contributed by atoms with van der Waals surface area (Å²) in [5.41, 5.74) is 10.5. The summed E-state index contributed by atoms with van der Waals surface area (Å²) in [6.07, 6.45) is 0.962. The standard InChI is InChI=1S/C20H25N3O2/c1-4-17-11-23(18-10-15(21)5-6-19(18)25-17)12-20(24)22-16-8-13(2)7-14(3)9-16/h5-10,17H,4,11-12,21H2,1-3H3,(H,22,24). The zero-order valence-corrected chi connectivity index (χ0v) is 15.0.